The van der Waals surface area contributed by atoms with Gasteiger partial charge in [0, 0.05) is 29.6 Å². The van der Waals surface area contributed by atoms with Gasteiger partial charge in [-0.25, -0.2) is 4.98 Å². The molecule has 5 aromatic rings. The number of aryl methyl sites for hydroxylation is 1. The van der Waals surface area contributed by atoms with E-state index in [1.54, 1.807) is 36.3 Å². The summed E-state index contributed by atoms with van der Waals surface area (Å²) < 4.78 is 44.1. The van der Waals surface area contributed by atoms with Crippen LogP contribution in [0.5, 0.6) is 5.75 Å². The number of alkyl halides is 3. The molecule has 2 N–H and O–H groups in total. The van der Waals surface area contributed by atoms with Crippen LogP contribution in [0.15, 0.2) is 78.0 Å². The molecule has 12 heteroatoms. The lowest BCUT2D eigenvalue weighted by Gasteiger charge is -2.09. The van der Waals surface area contributed by atoms with Crippen LogP contribution < -0.4 is 15.5 Å². The van der Waals surface area contributed by atoms with E-state index >= 15 is 0 Å². The highest BCUT2D eigenvalue weighted by atomic mass is 127. The summed E-state index contributed by atoms with van der Waals surface area (Å²) in [4.78, 5) is 4.24. The molecular formula is C26H18F3IN6OS. The Morgan fingerprint density at radius 3 is 2.58 bits per heavy atom. The second kappa shape index (κ2) is 10.5. The molecule has 192 valence electrons. The maximum absolute atomic E-state index is 12.5. The zero-order valence-corrected chi connectivity index (χ0v) is 22.6. The molecule has 0 radical (unpaired) electrons. The van der Waals surface area contributed by atoms with Crippen molar-refractivity contribution >= 4 is 73.6 Å². The highest BCUT2D eigenvalue weighted by Gasteiger charge is 2.31. The molecule has 38 heavy (non-hydrogen) atoms. The Morgan fingerprint density at radius 1 is 1.08 bits per heavy atom. The fourth-order valence-electron chi connectivity index (χ4n) is 4.02. The Morgan fingerprint density at radius 2 is 1.84 bits per heavy atom. The molecule has 0 bridgehead atoms. The summed E-state index contributed by atoms with van der Waals surface area (Å²) in [5.41, 5.74) is 5.95. The minimum absolute atomic E-state index is 0.273. The number of hydrogen-bond acceptors (Lipinski definition) is 5. The molecule has 5 rings (SSSR count). The number of pyridine rings is 1. The van der Waals surface area contributed by atoms with E-state index in [9.17, 15) is 13.2 Å². The number of aromatic nitrogens is 3. The van der Waals surface area contributed by atoms with Crippen molar-refractivity contribution in [3.8, 4) is 17.0 Å². The summed E-state index contributed by atoms with van der Waals surface area (Å²) in [5, 5.41) is 15.0. The molecule has 0 unspecified atom stereocenters. The number of nitrogens with one attached hydrogen (secondary N) is 2. The molecule has 3 aromatic carbocycles. The number of rotatable bonds is 5. The van der Waals surface area contributed by atoms with Crippen molar-refractivity contribution in [2.75, 3.05) is 5.32 Å². The third-order valence-corrected chi connectivity index (χ3v) is 6.64. The van der Waals surface area contributed by atoms with E-state index in [4.69, 9.17) is 12.2 Å². The quantitative estimate of drug-likeness (QED) is 0.0969. The van der Waals surface area contributed by atoms with Crippen LogP contribution >= 0.6 is 34.8 Å². The van der Waals surface area contributed by atoms with Crippen molar-refractivity contribution in [2.24, 2.45) is 12.1 Å². The number of ether oxygens (including phenoxy) is 1. The van der Waals surface area contributed by atoms with Crippen LogP contribution in [0.3, 0.4) is 0 Å². The summed E-state index contributed by atoms with van der Waals surface area (Å²) >= 11 is 7.45. The molecule has 0 aliphatic carbocycles. The number of nitrogens with zero attached hydrogens (tertiary/aromatic N) is 4. The zero-order chi connectivity index (χ0) is 26.9. The van der Waals surface area contributed by atoms with Gasteiger partial charge in [-0.3, -0.25) is 10.1 Å². The zero-order valence-electron chi connectivity index (χ0n) is 19.6. The van der Waals surface area contributed by atoms with Crippen molar-refractivity contribution in [1.82, 2.24) is 20.2 Å². The Bertz CT molecular complexity index is 1690. The van der Waals surface area contributed by atoms with Gasteiger partial charge in [0.05, 0.1) is 15.5 Å². The first-order chi connectivity index (χ1) is 18.2. The first-order valence-electron chi connectivity index (χ1n) is 11.1. The highest BCUT2D eigenvalue weighted by molar-refractivity contribution is 14.1. The Hall–Kier alpha value is -3.78. The number of anilines is 1. The van der Waals surface area contributed by atoms with Gasteiger partial charge in [0.25, 0.3) is 0 Å². The van der Waals surface area contributed by atoms with E-state index < -0.39 is 6.36 Å². The van der Waals surface area contributed by atoms with E-state index in [1.165, 1.54) is 12.1 Å². The van der Waals surface area contributed by atoms with Crippen LogP contribution in [0.4, 0.5) is 19.0 Å². The molecule has 2 aromatic heterocycles. The number of hydrogen-bond donors (Lipinski definition) is 2. The highest BCUT2D eigenvalue weighted by Crippen LogP contribution is 2.34. The van der Waals surface area contributed by atoms with Gasteiger partial charge in [0.2, 0.25) is 0 Å². The van der Waals surface area contributed by atoms with E-state index in [2.05, 4.69) is 53.3 Å². The lowest BCUT2D eigenvalue weighted by atomic mass is 10.0. The molecular weight excluding hydrogens is 628 g/mol. The van der Waals surface area contributed by atoms with Gasteiger partial charge >= 0.3 is 6.36 Å². The number of halogens is 4. The number of fused-ring (bicyclic) bond motifs is 3. The minimum atomic E-state index is -4.74. The maximum Gasteiger partial charge on any atom is 0.573 e. The van der Waals surface area contributed by atoms with E-state index in [-0.39, 0.29) is 5.75 Å². The first kappa shape index (κ1) is 25.9. The third kappa shape index (κ3) is 5.70. The average molecular weight is 646 g/mol. The molecule has 0 atom stereocenters. The van der Waals surface area contributed by atoms with Crippen LogP contribution in [-0.4, -0.2) is 32.5 Å². The molecule has 0 aliphatic heterocycles. The van der Waals surface area contributed by atoms with Crippen LogP contribution in [-0.2, 0) is 7.05 Å². The summed E-state index contributed by atoms with van der Waals surface area (Å²) in [6.45, 7) is 0. The molecule has 0 saturated heterocycles. The summed E-state index contributed by atoms with van der Waals surface area (Å²) in [6.07, 6.45) is -1.40. The van der Waals surface area contributed by atoms with Gasteiger partial charge in [-0.1, -0.05) is 18.2 Å². The smallest absolute Gasteiger partial charge is 0.406 e. The molecule has 0 aliphatic rings. The standard InChI is InChI=1S/C26H18F3IN6OS/c1-36-23(16-5-8-18(9-6-16)37-26(27,28)29)20-11-7-17-13-15(4-10-19(17)22(20)35-36)14-32-34-25(38)33-24-21(30)3-2-12-31-24/h2-14H,1H3,(H2,31,33,34,38)/b32-14+. The maximum atomic E-state index is 12.5. The first-order valence-corrected chi connectivity index (χ1v) is 12.6. The van der Waals surface area contributed by atoms with Crippen molar-refractivity contribution in [2.45, 2.75) is 6.36 Å². The summed E-state index contributed by atoms with van der Waals surface area (Å²) in [7, 11) is 1.80. The summed E-state index contributed by atoms with van der Waals surface area (Å²) in [6, 6.07) is 19.3. The topological polar surface area (TPSA) is 76.4 Å². The van der Waals surface area contributed by atoms with E-state index in [0.29, 0.717) is 10.9 Å². The van der Waals surface area contributed by atoms with Crippen molar-refractivity contribution in [1.29, 1.82) is 0 Å². The van der Waals surface area contributed by atoms with Gasteiger partial charge in [-0.2, -0.15) is 10.2 Å². The molecule has 0 fully saturated rings. The SMILES string of the molecule is Cn1nc2c(ccc3cc(/C=N/NC(=S)Nc4ncccc4I)ccc32)c1-c1ccc(OC(F)(F)F)cc1. The van der Waals surface area contributed by atoms with Gasteiger partial charge < -0.3 is 10.1 Å². The average Bonchev–Trinajstić information content (AvgIpc) is 3.21. The van der Waals surface area contributed by atoms with Gasteiger partial charge in [-0.05, 0) is 94.3 Å². The fourth-order valence-corrected chi connectivity index (χ4v) is 4.65. The monoisotopic (exact) mass is 646 g/mol. The van der Waals surface area contributed by atoms with Gasteiger partial charge in [0.1, 0.15) is 17.1 Å². The number of thiocarbonyl (C=S) groups is 1. The van der Waals surface area contributed by atoms with Crippen molar-refractivity contribution in [3.63, 3.8) is 0 Å². The van der Waals surface area contributed by atoms with E-state index in [1.807, 2.05) is 42.5 Å². The lowest BCUT2D eigenvalue weighted by Crippen LogP contribution is -2.24. The van der Waals surface area contributed by atoms with Gasteiger partial charge in [0.15, 0.2) is 5.11 Å². The van der Waals surface area contributed by atoms with Crippen molar-refractivity contribution in [3.05, 3.63) is 82.1 Å². The molecule has 7 nitrogen and oxygen atoms in total. The second-order valence-corrected chi connectivity index (χ2v) is 9.72. The molecule has 2 heterocycles. The fraction of sp³-hybridized carbons (Fsp3) is 0.0769. The normalized spacial score (nSPS) is 11.8. The molecule has 0 spiro atoms. The van der Waals surface area contributed by atoms with Crippen LogP contribution in [0, 0.1) is 3.57 Å². The predicted octanol–water partition coefficient (Wildman–Crippen LogP) is 6.61. The van der Waals surface area contributed by atoms with Crippen LogP contribution in [0.1, 0.15) is 5.56 Å². The Balaban J connectivity index is 1.36. The predicted molar refractivity (Wildman–Crippen MR) is 154 cm³/mol. The van der Waals surface area contributed by atoms with Crippen molar-refractivity contribution < 1.29 is 17.9 Å². The summed E-state index contributed by atoms with van der Waals surface area (Å²) in [5.74, 6) is 0.376. The van der Waals surface area contributed by atoms with Crippen LogP contribution in [0.25, 0.3) is 32.9 Å². The Labute approximate surface area is 233 Å². The number of hydrazone groups is 1. The minimum Gasteiger partial charge on any atom is -0.406 e. The third-order valence-electron chi connectivity index (χ3n) is 5.58. The molecule has 0 amide bonds. The van der Waals surface area contributed by atoms with E-state index in [0.717, 1.165) is 42.1 Å². The Kier molecular flexibility index (Phi) is 7.17. The molecule has 0 saturated carbocycles. The largest absolute Gasteiger partial charge is 0.573 e. The van der Waals surface area contributed by atoms with Gasteiger partial charge in [-0.15, -0.1) is 13.2 Å². The second-order valence-electron chi connectivity index (χ2n) is 8.14. The van der Waals surface area contributed by atoms with Crippen LogP contribution in [0.2, 0.25) is 0 Å². The lowest BCUT2D eigenvalue weighted by molar-refractivity contribution is -0.274. The number of benzene rings is 3.